The Bertz CT molecular complexity index is 1060. The Hall–Kier alpha value is -3.21. The molecule has 0 bridgehead atoms. The molecule has 1 N–H and O–H groups in total. The lowest BCUT2D eigenvalue weighted by Gasteiger charge is -2.10. The number of ether oxygens (including phenoxy) is 1. The Labute approximate surface area is 170 Å². The molecule has 0 aliphatic carbocycles. The Kier molecular flexibility index (Phi) is 6.27. The number of ketones is 1. The van der Waals surface area contributed by atoms with E-state index in [0.717, 1.165) is 16.5 Å². The fourth-order valence-electron chi connectivity index (χ4n) is 3.19. The molecule has 2 aromatic carbocycles. The van der Waals surface area contributed by atoms with Gasteiger partial charge in [0.2, 0.25) is 0 Å². The fraction of sp³-hybridized carbons (Fsp3) is 0.292. The minimum atomic E-state index is -0.437. The van der Waals surface area contributed by atoms with Crippen LogP contribution < -0.4 is 0 Å². The van der Waals surface area contributed by atoms with Gasteiger partial charge < -0.3 is 9.84 Å². The number of pyridine rings is 1. The van der Waals surface area contributed by atoms with E-state index in [1.807, 2.05) is 30.3 Å². The zero-order valence-electron chi connectivity index (χ0n) is 16.9. The highest BCUT2D eigenvalue weighted by Gasteiger charge is 2.17. The van der Waals surface area contributed by atoms with E-state index in [0.29, 0.717) is 11.4 Å². The number of carbonyl (C=O) groups is 2. The molecule has 150 valence electrons. The number of esters is 1. The first kappa shape index (κ1) is 20.5. The molecule has 0 radical (unpaired) electrons. The zero-order valence-corrected chi connectivity index (χ0v) is 16.9. The molecule has 29 heavy (non-hydrogen) atoms. The molecule has 0 saturated carbocycles. The van der Waals surface area contributed by atoms with Crippen LogP contribution in [0.2, 0.25) is 0 Å². The number of nitrogens with zero attached hydrogens (tertiary/aromatic N) is 1. The van der Waals surface area contributed by atoms with E-state index in [9.17, 15) is 14.7 Å². The maximum atomic E-state index is 12.5. The lowest BCUT2D eigenvalue weighted by Crippen LogP contribution is -2.09. The normalized spacial score (nSPS) is 11.0. The first-order valence-electron chi connectivity index (χ1n) is 9.82. The molecular weight excluding hydrogens is 366 g/mol. The Morgan fingerprint density at radius 2 is 1.79 bits per heavy atom. The van der Waals surface area contributed by atoms with Crippen molar-refractivity contribution in [3.8, 4) is 16.9 Å². The molecule has 0 unspecified atom stereocenters. The molecule has 0 spiro atoms. The summed E-state index contributed by atoms with van der Waals surface area (Å²) in [6, 6.07) is 15.6. The topological polar surface area (TPSA) is 76.5 Å². The SMILES string of the molecule is CCOC(=O)CCC(=O)c1nc2cc(-c3cccc(C(C)C)c3)ccc2cc1O. The highest BCUT2D eigenvalue weighted by atomic mass is 16.5. The molecule has 0 amide bonds. The Morgan fingerprint density at radius 3 is 2.52 bits per heavy atom. The van der Waals surface area contributed by atoms with Gasteiger partial charge in [0.1, 0.15) is 11.4 Å². The van der Waals surface area contributed by atoms with Crippen molar-refractivity contribution in [3.63, 3.8) is 0 Å². The second-order valence-corrected chi connectivity index (χ2v) is 7.27. The van der Waals surface area contributed by atoms with Crippen molar-refractivity contribution in [2.75, 3.05) is 6.61 Å². The monoisotopic (exact) mass is 391 g/mol. The molecule has 1 aromatic heterocycles. The second-order valence-electron chi connectivity index (χ2n) is 7.27. The lowest BCUT2D eigenvalue weighted by atomic mass is 9.96. The fourth-order valence-corrected chi connectivity index (χ4v) is 3.19. The third kappa shape index (κ3) is 4.80. The number of Topliss-reactive ketones (excluding diaryl/α,β-unsaturated/α-hetero) is 1. The van der Waals surface area contributed by atoms with Crippen LogP contribution in [0.3, 0.4) is 0 Å². The zero-order chi connectivity index (χ0) is 21.0. The summed E-state index contributed by atoms with van der Waals surface area (Å²) in [5.41, 5.74) is 3.91. The number of aromatic hydroxyl groups is 1. The molecule has 0 aliphatic heterocycles. The highest BCUT2D eigenvalue weighted by molar-refractivity contribution is 6.00. The van der Waals surface area contributed by atoms with Crippen LogP contribution in [0.5, 0.6) is 5.75 Å². The van der Waals surface area contributed by atoms with Crippen LogP contribution in [0.1, 0.15) is 55.6 Å². The first-order valence-corrected chi connectivity index (χ1v) is 9.82. The van der Waals surface area contributed by atoms with Crippen molar-refractivity contribution < 1.29 is 19.4 Å². The van der Waals surface area contributed by atoms with Gasteiger partial charge in [-0.15, -0.1) is 0 Å². The molecule has 5 nitrogen and oxygen atoms in total. The average molecular weight is 391 g/mol. The van der Waals surface area contributed by atoms with Gasteiger partial charge in [-0.2, -0.15) is 0 Å². The van der Waals surface area contributed by atoms with E-state index in [1.54, 1.807) is 6.92 Å². The van der Waals surface area contributed by atoms with E-state index >= 15 is 0 Å². The van der Waals surface area contributed by atoms with Crippen LogP contribution in [-0.4, -0.2) is 28.4 Å². The summed E-state index contributed by atoms with van der Waals surface area (Å²) in [5, 5.41) is 11.0. The van der Waals surface area contributed by atoms with E-state index in [4.69, 9.17) is 4.74 Å². The van der Waals surface area contributed by atoms with Crippen molar-refractivity contribution in [3.05, 3.63) is 59.8 Å². The number of fused-ring (bicyclic) bond motifs is 1. The number of aromatic nitrogens is 1. The van der Waals surface area contributed by atoms with Gasteiger partial charge in [0.15, 0.2) is 5.78 Å². The van der Waals surface area contributed by atoms with Crippen molar-refractivity contribution in [2.45, 2.75) is 39.5 Å². The van der Waals surface area contributed by atoms with Gasteiger partial charge in [0.05, 0.1) is 18.5 Å². The van der Waals surface area contributed by atoms with E-state index in [-0.39, 0.29) is 36.7 Å². The standard InChI is InChI=1S/C24H25NO4/c1-4-29-23(28)11-10-21(26)24-22(27)14-19-9-8-18(13-20(19)25-24)17-7-5-6-16(12-17)15(2)3/h5-9,12-15,27H,4,10-11H2,1-3H3. The summed E-state index contributed by atoms with van der Waals surface area (Å²) in [6.45, 7) is 6.29. The molecule has 0 fully saturated rings. The Balaban J connectivity index is 1.92. The third-order valence-electron chi connectivity index (χ3n) is 4.81. The molecule has 0 aliphatic rings. The molecule has 0 atom stereocenters. The van der Waals surface area contributed by atoms with Gasteiger partial charge in [-0.3, -0.25) is 9.59 Å². The average Bonchev–Trinajstić information content (AvgIpc) is 2.71. The van der Waals surface area contributed by atoms with E-state index < -0.39 is 5.97 Å². The van der Waals surface area contributed by atoms with Gasteiger partial charge in [-0.1, -0.05) is 50.2 Å². The Morgan fingerprint density at radius 1 is 1.03 bits per heavy atom. The summed E-state index contributed by atoms with van der Waals surface area (Å²) < 4.78 is 4.85. The molecule has 3 rings (SSSR count). The number of hydrogen-bond acceptors (Lipinski definition) is 5. The van der Waals surface area contributed by atoms with Gasteiger partial charge >= 0.3 is 5.97 Å². The first-order chi connectivity index (χ1) is 13.9. The summed E-state index contributed by atoms with van der Waals surface area (Å²) in [6.07, 6.45) is -0.0884. The molecule has 1 heterocycles. The predicted octanol–water partition coefficient (Wildman–Crippen LogP) is 5.26. The molecular formula is C24H25NO4. The van der Waals surface area contributed by atoms with Crippen molar-refractivity contribution in [1.29, 1.82) is 0 Å². The summed E-state index contributed by atoms with van der Waals surface area (Å²) in [5.74, 6) is -0.576. The molecule has 3 aromatic rings. The van der Waals surface area contributed by atoms with Crippen LogP contribution in [-0.2, 0) is 9.53 Å². The highest BCUT2D eigenvalue weighted by Crippen LogP contribution is 2.29. The van der Waals surface area contributed by atoms with Gasteiger partial charge in [-0.25, -0.2) is 4.98 Å². The number of carbonyl (C=O) groups excluding carboxylic acids is 2. The number of hydrogen-bond donors (Lipinski definition) is 1. The van der Waals surface area contributed by atoms with Crippen molar-refractivity contribution >= 4 is 22.7 Å². The van der Waals surface area contributed by atoms with Crippen molar-refractivity contribution in [1.82, 2.24) is 4.98 Å². The number of rotatable bonds is 7. The predicted molar refractivity (Wildman–Crippen MR) is 113 cm³/mol. The van der Waals surface area contributed by atoms with Gasteiger partial charge in [-0.05, 0) is 41.7 Å². The maximum absolute atomic E-state index is 12.5. The summed E-state index contributed by atoms with van der Waals surface area (Å²) >= 11 is 0. The van der Waals surface area contributed by atoms with Gasteiger partial charge in [0, 0.05) is 11.8 Å². The van der Waals surface area contributed by atoms with Crippen LogP contribution in [0.15, 0.2) is 48.5 Å². The van der Waals surface area contributed by atoms with E-state index in [2.05, 4.69) is 31.0 Å². The van der Waals surface area contributed by atoms with Crippen molar-refractivity contribution in [2.24, 2.45) is 0 Å². The largest absolute Gasteiger partial charge is 0.506 e. The minimum Gasteiger partial charge on any atom is -0.506 e. The quantitative estimate of drug-likeness (QED) is 0.439. The van der Waals surface area contributed by atoms with Crippen LogP contribution >= 0.6 is 0 Å². The van der Waals surface area contributed by atoms with Crippen LogP contribution in [0, 0.1) is 0 Å². The third-order valence-corrected chi connectivity index (χ3v) is 4.81. The summed E-state index contributed by atoms with van der Waals surface area (Å²) in [7, 11) is 0. The summed E-state index contributed by atoms with van der Waals surface area (Å²) in [4.78, 5) is 28.3. The second kappa shape index (κ2) is 8.86. The molecule has 5 heteroatoms. The maximum Gasteiger partial charge on any atom is 0.306 e. The molecule has 0 saturated heterocycles. The van der Waals surface area contributed by atoms with Crippen LogP contribution in [0.4, 0.5) is 0 Å². The van der Waals surface area contributed by atoms with Gasteiger partial charge in [0.25, 0.3) is 0 Å². The van der Waals surface area contributed by atoms with Crippen LogP contribution in [0.25, 0.3) is 22.0 Å². The van der Waals surface area contributed by atoms with E-state index in [1.165, 1.54) is 11.6 Å². The number of benzene rings is 2. The minimum absolute atomic E-state index is 0.0186. The smallest absolute Gasteiger partial charge is 0.306 e. The lowest BCUT2D eigenvalue weighted by molar-refractivity contribution is -0.143.